The molecule has 0 radical (unpaired) electrons. The maximum Gasteiger partial charge on any atom is 0.247 e. The second-order valence-corrected chi connectivity index (χ2v) is 5.38. The number of likely N-dealkylation sites (N-methyl/N-ethyl adjacent to an activating group) is 2. The van der Waals surface area contributed by atoms with Crippen molar-refractivity contribution in [1.29, 1.82) is 0 Å². The first-order valence-corrected chi connectivity index (χ1v) is 7.53. The first-order valence-electron chi connectivity index (χ1n) is 7.53. The molecule has 0 unspecified atom stereocenters. The lowest BCUT2D eigenvalue weighted by atomic mass is 10.1. The molecule has 0 saturated heterocycles. The largest absolute Gasteiger partial charge is 0.323 e. The lowest BCUT2D eigenvalue weighted by Gasteiger charge is -2.16. The molecule has 0 aliphatic heterocycles. The maximum absolute atomic E-state index is 11.3. The van der Waals surface area contributed by atoms with Crippen molar-refractivity contribution < 1.29 is 4.79 Å². The molecular weight excluding hydrogens is 290 g/mol. The van der Waals surface area contributed by atoms with Gasteiger partial charge < -0.3 is 15.5 Å². The van der Waals surface area contributed by atoms with Crippen molar-refractivity contribution in [2.24, 2.45) is 0 Å². The summed E-state index contributed by atoms with van der Waals surface area (Å²) in [6.07, 6.45) is 3.11. The minimum Gasteiger partial charge on any atom is -0.323 e. The highest BCUT2D eigenvalue weighted by Crippen LogP contribution is 2.23. The third-order valence-corrected chi connectivity index (χ3v) is 3.53. The summed E-state index contributed by atoms with van der Waals surface area (Å²) in [5.41, 5.74) is 3.93. The van der Waals surface area contributed by atoms with Gasteiger partial charge in [-0.1, -0.05) is 18.7 Å². The molecule has 1 heterocycles. The molecule has 2 rings (SSSR count). The van der Waals surface area contributed by atoms with Crippen LogP contribution in [0, 0.1) is 0 Å². The lowest BCUT2D eigenvalue weighted by Crippen LogP contribution is -2.26. The molecule has 0 fully saturated rings. The molecular formula is C17H23N5O. The summed E-state index contributed by atoms with van der Waals surface area (Å²) >= 11 is 0. The Balaban J connectivity index is 2.09. The van der Waals surface area contributed by atoms with Gasteiger partial charge >= 0.3 is 0 Å². The molecule has 0 aliphatic rings. The van der Waals surface area contributed by atoms with E-state index < -0.39 is 0 Å². The van der Waals surface area contributed by atoms with Gasteiger partial charge in [-0.05, 0) is 32.3 Å². The van der Waals surface area contributed by atoms with Gasteiger partial charge in [0.05, 0.1) is 11.9 Å². The average molecular weight is 313 g/mol. The van der Waals surface area contributed by atoms with Crippen LogP contribution in [0.25, 0.3) is 11.3 Å². The molecule has 2 aromatic rings. The van der Waals surface area contributed by atoms with Crippen LogP contribution in [-0.4, -0.2) is 48.2 Å². The van der Waals surface area contributed by atoms with Crippen molar-refractivity contribution >= 4 is 11.6 Å². The number of amides is 1. The van der Waals surface area contributed by atoms with Gasteiger partial charge in [-0.15, -0.1) is 0 Å². The Morgan fingerprint density at radius 1 is 1.39 bits per heavy atom. The monoisotopic (exact) mass is 313 g/mol. The number of aromatic nitrogens is 2. The van der Waals surface area contributed by atoms with E-state index in [9.17, 15) is 4.79 Å². The van der Waals surface area contributed by atoms with Crippen LogP contribution in [0.3, 0.4) is 0 Å². The van der Waals surface area contributed by atoms with Crippen LogP contribution < -0.4 is 10.6 Å². The third kappa shape index (κ3) is 4.77. The number of anilines is 1. The minimum atomic E-state index is -0.217. The fraction of sp³-hybridized carbons (Fsp3) is 0.294. The highest BCUT2D eigenvalue weighted by Gasteiger charge is 2.10. The van der Waals surface area contributed by atoms with E-state index in [-0.39, 0.29) is 5.91 Å². The number of rotatable bonds is 8. The zero-order chi connectivity index (χ0) is 16.7. The van der Waals surface area contributed by atoms with Crippen molar-refractivity contribution in [3.8, 4) is 11.3 Å². The van der Waals surface area contributed by atoms with Crippen LogP contribution in [0.2, 0.25) is 0 Å². The molecule has 1 aromatic heterocycles. The van der Waals surface area contributed by atoms with E-state index in [2.05, 4.69) is 39.4 Å². The second-order valence-electron chi connectivity index (χ2n) is 5.38. The van der Waals surface area contributed by atoms with E-state index in [4.69, 9.17) is 0 Å². The van der Waals surface area contributed by atoms with E-state index in [0.29, 0.717) is 0 Å². The maximum atomic E-state index is 11.3. The summed E-state index contributed by atoms with van der Waals surface area (Å²) in [7, 11) is 4.03. The Bertz CT molecular complexity index is 647. The molecule has 0 saturated carbocycles. The van der Waals surface area contributed by atoms with Gasteiger partial charge in [0, 0.05) is 36.4 Å². The van der Waals surface area contributed by atoms with Crippen LogP contribution in [0.15, 0.2) is 43.1 Å². The Morgan fingerprint density at radius 2 is 2.13 bits per heavy atom. The highest BCUT2D eigenvalue weighted by atomic mass is 16.1. The van der Waals surface area contributed by atoms with Crippen LogP contribution in [0.4, 0.5) is 5.69 Å². The molecule has 0 aliphatic carbocycles. The Morgan fingerprint density at radius 3 is 2.78 bits per heavy atom. The quantitative estimate of drug-likeness (QED) is 0.650. The number of benzene rings is 1. The number of carbonyl (C=O) groups is 1. The van der Waals surface area contributed by atoms with Crippen LogP contribution in [0.1, 0.15) is 5.56 Å². The van der Waals surface area contributed by atoms with Crippen molar-refractivity contribution in [1.82, 2.24) is 20.4 Å². The number of carbonyl (C=O) groups excluding carboxylic acids is 1. The van der Waals surface area contributed by atoms with Crippen LogP contribution in [0.5, 0.6) is 0 Å². The van der Waals surface area contributed by atoms with E-state index >= 15 is 0 Å². The predicted octanol–water partition coefficient (Wildman–Crippen LogP) is 1.85. The number of H-pyrrole nitrogens is 1. The van der Waals surface area contributed by atoms with Gasteiger partial charge in [0.2, 0.25) is 5.91 Å². The van der Waals surface area contributed by atoms with Crippen molar-refractivity contribution in [3.63, 3.8) is 0 Å². The van der Waals surface area contributed by atoms with E-state index in [0.717, 1.165) is 42.1 Å². The molecule has 1 amide bonds. The number of aromatic amines is 1. The zero-order valence-electron chi connectivity index (χ0n) is 13.6. The smallest absolute Gasteiger partial charge is 0.247 e. The molecule has 3 N–H and O–H groups in total. The third-order valence-electron chi connectivity index (χ3n) is 3.53. The average Bonchev–Trinajstić information content (AvgIpc) is 3.01. The number of hydrogen-bond acceptors (Lipinski definition) is 4. The summed E-state index contributed by atoms with van der Waals surface area (Å²) in [4.78, 5) is 13.5. The lowest BCUT2D eigenvalue weighted by molar-refractivity contribution is -0.111. The number of nitrogens with one attached hydrogen (secondary N) is 3. The second kappa shape index (κ2) is 8.26. The fourth-order valence-corrected chi connectivity index (χ4v) is 2.27. The topological polar surface area (TPSA) is 73.0 Å². The van der Waals surface area contributed by atoms with Crippen LogP contribution in [-0.2, 0) is 11.3 Å². The van der Waals surface area contributed by atoms with Gasteiger partial charge in [0.15, 0.2) is 0 Å². The zero-order valence-corrected chi connectivity index (χ0v) is 13.6. The summed E-state index contributed by atoms with van der Waals surface area (Å²) < 4.78 is 0. The molecule has 0 spiro atoms. The van der Waals surface area contributed by atoms with Crippen LogP contribution >= 0.6 is 0 Å². The molecule has 0 atom stereocenters. The number of hydrogen-bond donors (Lipinski definition) is 3. The van der Waals surface area contributed by atoms with E-state index in [1.54, 1.807) is 0 Å². The molecule has 23 heavy (non-hydrogen) atoms. The Hall–Kier alpha value is -2.44. The van der Waals surface area contributed by atoms with Gasteiger partial charge in [0.25, 0.3) is 0 Å². The molecule has 1 aromatic carbocycles. The minimum absolute atomic E-state index is 0.217. The van der Waals surface area contributed by atoms with E-state index in [1.807, 2.05) is 37.5 Å². The molecule has 122 valence electrons. The Kier molecular flexibility index (Phi) is 6.08. The summed E-state index contributed by atoms with van der Waals surface area (Å²) in [5.74, 6) is -0.217. The molecule has 0 bridgehead atoms. The van der Waals surface area contributed by atoms with E-state index in [1.165, 1.54) is 6.08 Å². The Labute approximate surface area is 136 Å². The first kappa shape index (κ1) is 16.9. The predicted molar refractivity (Wildman–Crippen MR) is 93.1 cm³/mol. The van der Waals surface area contributed by atoms with Gasteiger partial charge in [-0.3, -0.25) is 9.89 Å². The first-order chi connectivity index (χ1) is 11.1. The van der Waals surface area contributed by atoms with Crippen molar-refractivity contribution in [2.75, 3.05) is 32.5 Å². The highest BCUT2D eigenvalue weighted by molar-refractivity contribution is 5.98. The van der Waals surface area contributed by atoms with Gasteiger partial charge in [0.1, 0.15) is 0 Å². The normalized spacial score (nSPS) is 10.7. The molecule has 6 nitrogen and oxygen atoms in total. The number of nitrogens with zero attached hydrogens (tertiary/aromatic N) is 2. The van der Waals surface area contributed by atoms with Gasteiger partial charge in [-0.2, -0.15) is 5.10 Å². The van der Waals surface area contributed by atoms with Crippen molar-refractivity contribution in [2.45, 2.75) is 6.54 Å². The standard InChI is InChI=1S/C17H23N5O/c1-4-16(23)20-15-7-5-13(6-8-15)17-14(11-19-21-17)12-22(3)10-9-18-2/h4-8,11,18H,1,9-10,12H2,2-3H3,(H,19,21)(H,20,23). The SMILES string of the molecule is C=CC(=O)Nc1ccc(-c2[nH]ncc2CN(C)CCNC)cc1. The summed E-state index contributed by atoms with van der Waals surface area (Å²) in [5, 5.41) is 13.1. The van der Waals surface area contributed by atoms with Crippen molar-refractivity contribution in [3.05, 3.63) is 48.7 Å². The van der Waals surface area contributed by atoms with Gasteiger partial charge in [-0.25, -0.2) is 0 Å². The molecule has 6 heteroatoms. The summed E-state index contributed by atoms with van der Waals surface area (Å²) in [6.45, 7) is 6.17. The fourth-order valence-electron chi connectivity index (χ4n) is 2.27. The summed E-state index contributed by atoms with van der Waals surface area (Å²) in [6, 6.07) is 7.66.